The maximum atomic E-state index is 11.3. The number of nitrogens with zero attached hydrogens (tertiary/aromatic N) is 1. The molecule has 0 unspecified atom stereocenters. The Labute approximate surface area is 93.7 Å². The van der Waals surface area contributed by atoms with Crippen LogP contribution in [0.1, 0.15) is 11.1 Å². The third-order valence-corrected chi connectivity index (χ3v) is 2.46. The van der Waals surface area contributed by atoms with Crippen LogP contribution in [0.15, 0.2) is 43.0 Å². The molecule has 16 heavy (non-hydrogen) atoms. The molecule has 1 heterocycles. The zero-order valence-corrected chi connectivity index (χ0v) is 8.72. The summed E-state index contributed by atoms with van der Waals surface area (Å²) in [4.78, 5) is 23.8. The van der Waals surface area contributed by atoms with E-state index < -0.39 is 0 Å². The standard InChI is InChI=1S/C13H11NO2/c1-2-10-3-5-11(6-4-10)9-14-12(15)7-8-13(14)16/h2-8H,1,9H2. The first-order valence-electron chi connectivity index (χ1n) is 4.95. The van der Waals surface area contributed by atoms with Crippen molar-refractivity contribution >= 4 is 17.9 Å². The highest BCUT2D eigenvalue weighted by molar-refractivity contribution is 6.12. The quantitative estimate of drug-likeness (QED) is 0.717. The summed E-state index contributed by atoms with van der Waals surface area (Å²) in [5, 5.41) is 0. The highest BCUT2D eigenvalue weighted by Gasteiger charge is 2.22. The van der Waals surface area contributed by atoms with Gasteiger partial charge in [0.25, 0.3) is 11.8 Å². The van der Waals surface area contributed by atoms with Crippen LogP contribution >= 0.6 is 0 Å². The van der Waals surface area contributed by atoms with E-state index in [-0.39, 0.29) is 11.8 Å². The third kappa shape index (κ3) is 1.93. The number of imide groups is 1. The van der Waals surface area contributed by atoms with Crippen LogP contribution < -0.4 is 0 Å². The molecule has 0 aromatic heterocycles. The Morgan fingerprint density at radius 1 is 1.06 bits per heavy atom. The van der Waals surface area contributed by atoms with E-state index in [1.54, 1.807) is 6.08 Å². The lowest BCUT2D eigenvalue weighted by molar-refractivity contribution is -0.137. The summed E-state index contributed by atoms with van der Waals surface area (Å²) in [6.45, 7) is 3.98. The Hall–Kier alpha value is -2.16. The zero-order chi connectivity index (χ0) is 11.5. The van der Waals surface area contributed by atoms with Crippen molar-refractivity contribution < 1.29 is 9.59 Å². The Morgan fingerprint density at radius 3 is 2.12 bits per heavy atom. The topological polar surface area (TPSA) is 37.4 Å². The molecule has 3 nitrogen and oxygen atoms in total. The van der Waals surface area contributed by atoms with Crippen molar-refractivity contribution in [3.8, 4) is 0 Å². The van der Waals surface area contributed by atoms with Crippen LogP contribution in [-0.2, 0) is 16.1 Å². The minimum absolute atomic E-state index is 0.252. The van der Waals surface area contributed by atoms with Crippen LogP contribution in [0.3, 0.4) is 0 Å². The molecule has 1 aromatic rings. The number of benzene rings is 1. The van der Waals surface area contributed by atoms with Crippen LogP contribution in [-0.4, -0.2) is 16.7 Å². The van der Waals surface area contributed by atoms with E-state index in [0.29, 0.717) is 6.54 Å². The summed E-state index contributed by atoms with van der Waals surface area (Å²) in [7, 11) is 0. The highest BCUT2D eigenvalue weighted by atomic mass is 16.2. The highest BCUT2D eigenvalue weighted by Crippen LogP contribution is 2.12. The van der Waals surface area contributed by atoms with E-state index in [1.165, 1.54) is 17.1 Å². The SMILES string of the molecule is C=Cc1ccc(CN2C(=O)C=CC2=O)cc1. The van der Waals surface area contributed by atoms with Crippen molar-refractivity contribution in [3.05, 3.63) is 54.1 Å². The Balaban J connectivity index is 2.12. The molecule has 1 aromatic carbocycles. The van der Waals surface area contributed by atoms with Gasteiger partial charge in [0, 0.05) is 12.2 Å². The predicted octanol–water partition coefficient (Wildman–Crippen LogP) is 1.75. The van der Waals surface area contributed by atoms with Crippen molar-refractivity contribution in [2.45, 2.75) is 6.54 Å². The van der Waals surface area contributed by atoms with Gasteiger partial charge in [0.05, 0.1) is 6.54 Å². The molecule has 1 aliphatic rings. The largest absolute Gasteiger partial charge is 0.271 e. The number of carbonyl (C=O) groups is 2. The molecule has 0 aliphatic carbocycles. The monoisotopic (exact) mass is 213 g/mol. The van der Waals surface area contributed by atoms with Gasteiger partial charge in [-0.1, -0.05) is 36.9 Å². The molecule has 80 valence electrons. The lowest BCUT2D eigenvalue weighted by atomic mass is 10.1. The van der Waals surface area contributed by atoms with Crippen molar-refractivity contribution in [1.82, 2.24) is 4.90 Å². The molecule has 2 rings (SSSR count). The van der Waals surface area contributed by atoms with E-state index in [4.69, 9.17) is 0 Å². The summed E-state index contributed by atoms with van der Waals surface area (Å²) < 4.78 is 0. The minimum atomic E-state index is -0.252. The molecule has 0 spiro atoms. The molecule has 0 bridgehead atoms. The van der Waals surface area contributed by atoms with Gasteiger partial charge in [0.15, 0.2) is 0 Å². The zero-order valence-electron chi connectivity index (χ0n) is 8.72. The lowest BCUT2D eigenvalue weighted by Crippen LogP contribution is -2.29. The first-order chi connectivity index (χ1) is 7.70. The van der Waals surface area contributed by atoms with Crippen molar-refractivity contribution in [1.29, 1.82) is 0 Å². The molecule has 0 saturated heterocycles. The number of rotatable bonds is 3. The Morgan fingerprint density at radius 2 is 1.62 bits per heavy atom. The van der Waals surface area contributed by atoms with E-state index in [9.17, 15) is 9.59 Å². The molecule has 0 saturated carbocycles. The van der Waals surface area contributed by atoms with E-state index in [1.807, 2.05) is 24.3 Å². The van der Waals surface area contributed by atoms with Crippen LogP contribution in [0.25, 0.3) is 6.08 Å². The molecule has 0 radical (unpaired) electrons. The molecule has 2 amide bonds. The van der Waals surface area contributed by atoms with Gasteiger partial charge in [-0.25, -0.2) is 0 Å². The van der Waals surface area contributed by atoms with Crippen LogP contribution in [0.4, 0.5) is 0 Å². The summed E-state index contributed by atoms with van der Waals surface area (Å²) in [5.74, 6) is -0.504. The normalized spacial score (nSPS) is 14.6. The Kier molecular flexibility index (Phi) is 2.68. The van der Waals surface area contributed by atoms with Gasteiger partial charge in [0.1, 0.15) is 0 Å². The second-order valence-corrected chi connectivity index (χ2v) is 3.54. The van der Waals surface area contributed by atoms with Crippen molar-refractivity contribution in [3.63, 3.8) is 0 Å². The average molecular weight is 213 g/mol. The van der Waals surface area contributed by atoms with Gasteiger partial charge in [-0.05, 0) is 11.1 Å². The van der Waals surface area contributed by atoms with E-state index >= 15 is 0 Å². The smallest absolute Gasteiger partial charge is 0.253 e. The first-order valence-corrected chi connectivity index (χ1v) is 4.95. The van der Waals surface area contributed by atoms with Gasteiger partial charge in [-0.3, -0.25) is 14.5 Å². The number of hydrogen-bond acceptors (Lipinski definition) is 2. The second-order valence-electron chi connectivity index (χ2n) is 3.54. The van der Waals surface area contributed by atoms with Crippen molar-refractivity contribution in [2.24, 2.45) is 0 Å². The fraction of sp³-hybridized carbons (Fsp3) is 0.0769. The summed E-state index contributed by atoms with van der Waals surface area (Å²) in [6, 6.07) is 7.58. The van der Waals surface area contributed by atoms with Gasteiger partial charge in [-0.2, -0.15) is 0 Å². The molecule has 1 aliphatic heterocycles. The van der Waals surface area contributed by atoms with E-state index in [0.717, 1.165) is 11.1 Å². The third-order valence-electron chi connectivity index (χ3n) is 2.46. The maximum absolute atomic E-state index is 11.3. The summed E-state index contributed by atoms with van der Waals surface area (Å²) >= 11 is 0. The summed E-state index contributed by atoms with van der Waals surface area (Å²) in [5.41, 5.74) is 1.94. The molecule has 0 fully saturated rings. The number of amides is 2. The molecule has 0 N–H and O–H groups in total. The first kappa shape index (κ1) is 10.4. The van der Waals surface area contributed by atoms with Crippen LogP contribution in [0, 0.1) is 0 Å². The Bertz CT molecular complexity index is 453. The van der Waals surface area contributed by atoms with Gasteiger partial charge < -0.3 is 0 Å². The molecular formula is C13H11NO2. The predicted molar refractivity (Wildman–Crippen MR) is 61.2 cm³/mol. The number of hydrogen-bond donors (Lipinski definition) is 0. The maximum Gasteiger partial charge on any atom is 0.253 e. The molecular weight excluding hydrogens is 202 g/mol. The van der Waals surface area contributed by atoms with Crippen molar-refractivity contribution in [2.75, 3.05) is 0 Å². The van der Waals surface area contributed by atoms with Gasteiger partial charge >= 0.3 is 0 Å². The fourth-order valence-corrected chi connectivity index (χ4v) is 1.53. The van der Waals surface area contributed by atoms with Crippen LogP contribution in [0.2, 0.25) is 0 Å². The van der Waals surface area contributed by atoms with E-state index in [2.05, 4.69) is 6.58 Å². The molecule has 0 atom stereocenters. The second kappa shape index (κ2) is 4.14. The van der Waals surface area contributed by atoms with Gasteiger partial charge in [-0.15, -0.1) is 0 Å². The van der Waals surface area contributed by atoms with Gasteiger partial charge in [0.2, 0.25) is 0 Å². The minimum Gasteiger partial charge on any atom is -0.271 e. The summed E-state index contributed by atoms with van der Waals surface area (Å²) in [6.07, 6.45) is 4.33. The number of carbonyl (C=O) groups excluding carboxylic acids is 2. The van der Waals surface area contributed by atoms with Crippen LogP contribution in [0.5, 0.6) is 0 Å². The molecule has 3 heteroatoms. The fourth-order valence-electron chi connectivity index (χ4n) is 1.53. The lowest BCUT2D eigenvalue weighted by Gasteiger charge is -2.13. The average Bonchev–Trinajstić information content (AvgIpc) is 2.62.